The lowest BCUT2D eigenvalue weighted by molar-refractivity contribution is -0.141. The highest BCUT2D eigenvalue weighted by atomic mass is 35.5. The minimum atomic E-state index is -1.57. The first-order chi connectivity index (χ1) is 20.2. The maximum absolute atomic E-state index is 13.6. The minimum absolute atomic E-state index is 0.0181. The predicted molar refractivity (Wildman–Crippen MR) is 160 cm³/mol. The third kappa shape index (κ3) is 11.0. The smallest absolute Gasteiger partial charge is 0.338 e. The van der Waals surface area contributed by atoms with Gasteiger partial charge in [0.1, 0.15) is 18.1 Å². The fraction of sp³-hybridized carbons (Fsp3) is 0.586. The van der Waals surface area contributed by atoms with Crippen molar-refractivity contribution in [2.75, 3.05) is 6.54 Å². The number of hydrogen-bond acceptors (Lipinski definition) is 6. The van der Waals surface area contributed by atoms with E-state index in [1.54, 1.807) is 6.92 Å². The normalized spacial score (nSPS) is 15.6. The van der Waals surface area contributed by atoms with E-state index in [2.05, 4.69) is 21.3 Å². The Bertz CT molecular complexity index is 1200. The summed E-state index contributed by atoms with van der Waals surface area (Å²) in [4.78, 5) is 76.3. The van der Waals surface area contributed by atoms with Crippen molar-refractivity contribution in [2.24, 2.45) is 11.8 Å². The van der Waals surface area contributed by atoms with Crippen LogP contribution in [0.3, 0.4) is 0 Å². The molecule has 1 fully saturated rings. The molecule has 0 spiro atoms. The molecule has 0 aromatic heterocycles. The Labute approximate surface area is 260 Å². The van der Waals surface area contributed by atoms with Crippen molar-refractivity contribution >= 4 is 58.8 Å². The second kappa shape index (κ2) is 17.0. The summed E-state index contributed by atoms with van der Waals surface area (Å²) in [6, 6.07) is -1.29. The molecular formula is C29H40Cl2N4O8. The number of benzene rings is 1. The van der Waals surface area contributed by atoms with Crippen LogP contribution in [0.15, 0.2) is 12.1 Å². The molecular weight excluding hydrogens is 603 g/mol. The van der Waals surface area contributed by atoms with E-state index in [1.807, 2.05) is 13.8 Å². The van der Waals surface area contributed by atoms with Crippen molar-refractivity contribution in [3.05, 3.63) is 33.3 Å². The van der Waals surface area contributed by atoms with Crippen molar-refractivity contribution in [1.29, 1.82) is 0 Å². The Morgan fingerprint density at radius 3 is 1.91 bits per heavy atom. The molecule has 0 unspecified atom stereocenters. The summed E-state index contributed by atoms with van der Waals surface area (Å²) in [5, 5.41) is 28.9. The first kappa shape index (κ1) is 35.8. The lowest BCUT2D eigenvalue weighted by atomic mass is 9.84. The number of nitrogens with one attached hydrogen (secondary N) is 4. The average Bonchev–Trinajstić information content (AvgIpc) is 2.92. The molecule has 0 saturated heterocycles. The molecule has 0 aliphatic heterocycles. The SMILES string of the molecule is CCNC(=O)[C@H](CC(C)C)NC(=O)[C@H](CC(=O)O)NC(=O)[C@H](CC1CCCCC1)NC(=O)c1c(Cl)ccc(Cl)c1C(=O)O. The van der Waals surface area contributed by atoms with E-state index in [0.29, 0.717) is 6.54 Å². The van der Waals surface area contributed by atoms with Crippen molar-refractivity contribution in [1.82, 2.24) is 21.3 Å². The van der Waals surface area contributed by atoms with Crippen molar-refractivity contribution < 1.29 is 39.0 Å². The van der Waals surface area contributed by atoms with Crippen molar-refractivity contribution in [3.63, 3.8) is 0 Å². The Balaban J connectivity index is 2.36. The molecule has 12 nitrogen and oxygen atoms in total. The van der Waals surface area contributed by atoms with E-state index >= 15 is 0 Å². The second-order valence-electron chi connectivity index (χ2n) is 11.1. The number of rotatable bonds is 15. The van der Waals surface area contributed by atoms with Crippen LogP contribution in [0.1, 0.15) is 92.9 Å². The molecule has 0 heterocycles. The Hall–Kier alpha value is -3.38. The number of carbonyl (C=O) groups excluding carboxylic acids is 4. The summed E-state index contributed by atoms with van der Waals surface area (Å²) in [6.45, 7) is 5.75. The van der Waals surface area contributed by atoms with Gasteiger partial charge in [0, 0.05) is 6.54 Å². The van der Waals surface area contributed by atoms with Crippen LogP contribution in [0.25, 0.3) is 0 Å². The number of halogens is 2. The molecule has 2 rings (SSSR count). The van der Waals surface area contributed by atoms with Crippen molar-refractivity contribution in [2.45, 2.75) is 90.3 Å². The van der Waals surface area contributed by atoms with E-state index in [0.717, 1.165) is 32.1 Å². The van der Waals surface area contributed by atoms with Crippen LogP contribution in [0.2, 0.25) is 10.0 Å². The fourth-order valence-corrected chi connectivity index (χ4v) is 5.61. The van der Waals surface area contributed by atoms with Gasteiger partial charge in [-0.1, -0.05) is 69.2 Å². The topological polar surface area (TPSA) is 191 Å². The number of carbonyl (C=O) groups is 6. The molecule has 1 aromatic rings. The summed E-state index contributed by atoms with van der Waals surface area (Å²) in [5.41, 5.74) is -0.963. The maximum Gasteiger partial charge on any atom is 0.338 e. The highest BCUT2D eigenvalue weighted by Gasteiger charge is 2.34. The summed E-state index contributed by atoms with van der Waals surface area (Å²) >= 11 is 12.2. The molecule has 1 aliphatic rings. The van der Waals surface area contributed by atoms with Crippen LogP contribution in [0.5, 0.6) is 0 Å². The van der Waals surface area contributed by atoms with Gasteiger partial charge in [-0.25, -0.2) is 4.79 Å². The standard InChI is InChI=1S/C29H40Cl2N4O8/c1-4-32-25(38)19(12-15(2)3)33-27(40)21(14-22(36)37)34-26(39)20(13-16-8-6-5-7-9-16)35-28(41)23-17(30)10-11-18(31)24(23)29(42)43/h10-11,15-16,19-21H,4-9,12-14H2,1-3H3,(H,32,38)(H,33,40)(H,34,39)(H,35,41)(H,36,37)(H,42,43)/t19-,20-,21-/m0/s1. The van der Waals surface area contributed by atoms with Crippen LogP contribution in [0.4, 0.5) is 0 Å². The first-order valence-corrected chi connectivity index (χ1v) is 15.1. The first-order valence-electron chi connectivity index (χ1n) is 14.4. The molecule has 238 valence electrons. The van der Waals surface area contributed by atoms with Crippen LogP contribution >= 0.6 is 23.2 Å². The molecule has 1 saturated carbocycles. The predicted octanol–water partition coefficient (Wildman–Crippen LogP) is 3.39. The zero-order valence-corrected chi connectivity index (χ0v) is 26.0. The van der Waals surface area contributed by atoms with E-state index in [9.17, 15) is 39.0 Å². The largest absolute Gasteiger partial charge is 0.481 e. The van der Waals surface area contributed by atoms with Gasteiger partial charge in [-0.3, -0.25) is 24.0 Å². The summed E-state index contributed by atoms with van der Waals surface area (Å²) in [5.74, 6) is -5.93. The van der Waals surface area contributed by atoms with Gasteiger partial charge < -0.3 is 31.5 Å². The van der Waals surface area contributed by atoms with Gasteiger partial charge in [0.15, 0.2) is 0 Å². The number of aromatic carboxylic acids is 1. The molecule has 1 aliphatic carbocycles. The Kier molecular flexibility index (Phi) is 14.2. The molecule has 0 radical (unpaired) electrons. The van der Waals surface area contributed by atoms with E-state index in [1.165, 1.54) is 12.1 Å². The summed E-state index contributed by atoms with van der Waals surface area (Å²) < 4.78 is 0. The summed E-state index contributed by atoms with van der Waals surface area (Å²) in [6.07, 6.45) is 4.13. The average molecular weight is 644 g/mol. The third-order valence-corrected chi connectivity index (χ3v) is 7.79. The van der Waals surface area contributed by atoms with Gasteiger partial charge in [0.25, 0.3) is 5.91 Å². The van der Waals surface area contributed by atoms with Crippen molar-refractivity contribution in [3.8, 4) is 0 Å². The highest BCUT2D eigenvalue weighted by molar-refractivity contribution is 6.38. The lowest BCUT2D eigenvalue weighted by Gasteiger charge is -2.28. The lowest BCUT2D eigenvalue weighted by Crippen LogP contribution is -2.57. The molecule has 6 N–H and O–H groups in total. The number of likely N-dealkylation sites (N-methyl/N-ethyl adjacent to an activating group) is 1. The summed E-state index contributed by atoms with van der Waals surface area (Å²) in [7, 11) is 0. The van der Waals surface area contributed by atoms with E-state index in [-0.39, 0.29) is 34.7 Å². The zero-order chi connectivity index (χ0) is 32.3. The van der Waals surface area contributed by atoms with Crippen LogP contribution < -0.4 is 21.3 Å². The Morgan fingerprint density at radius 2 is 1.37 bits per heavy atom. The fourth-order valence-electron chi connectivity index (χ4n) is 5.13. The van der Waals surface area contributed by atoms with E-state index < -0.39 is 71.2 Å². The number of amides is 4. The van der Waals surface area contributed by atoms with Crippen LogP contribution in [-0.2, 0) is 19.2 Å². The number of hydrogen-bond donors (Lipinski definition) is 6. The molecule has 1 aromatic carbocycles. The van der Waals surface area contributed by atoms with Crippen LogP contribution in [0, 0.1) is 11.8 Å². The second-order valence-corrected chi connectivity index (χ2v) is 11.9. The van der Waals surface area contributed by atoms with E-state index in [4.69, 9.17) is 23.2 Å². The maximum atomic E-state index is 13.6. The number of carboxylic acid groups (broad SMARTS) is 2. The monoisotopic (exact) mass is 642 g/mol. The third-order valence-electron chi connectivity index (χ3n) is 7.16. The minimum Gasteiger partial charge on any atom is -0.481 e. The Morgan fingerprint density at radius 1 is 0.814 bits per heavy atom. The molecule has 43 heavy (non-hydrogen) atoms. The molecule has 4 amide bonds. The van der Waals surface area contributed by atoms with Gasteiger partial charge in [0.2, 0.25) is 17.7 Å². The van der Waals surface area contributed by atoms with Gasteiger partial charge >= 0.3 is 11.9 Å². The van der Waals surface area contributed by atoms with Gasteiger partial charge in [0.05, 0.1) is 27.6 Å². The quantitative estimate of drug-likeness (QED) is 0.168. The molecule has 3 atom stereocenters. The number of carboxylic acids is 2. The van der Waals surface area contributed by atoms with Crippen LogP contribution in [-0.4, -0.2) is 70.5 Å². The van der Waals surface area contributed by atoms with Gasteiger partial charge in [-0.15, -0.1) is 0 Å². The van der Waals surface area contributed by atoms with Gasteiger partial charge in [-0.2, -0.15) is 0 Å². The molecule has 0 bridgehead atoms. The highest BCUT2D eigenvalue weighted by Crippen LogP contribution is 2.29. The number of aliphatic carboxylic acids is 1. The molecule has 14 heteroatoms. The van der Waals surface area contributed by atoms with Gasteiger partial charge in [-0.05, 0) is 43.7 Å². The zero-order valence-electron chi connectivity index (χ0n) is 24.5.